The number of nitrogens with zero attached hydrogens (tertiary/aromatic N) is 3. The van der Waals surface area contributed by atoms with Crippen LogP contribution in [0.5, 0.6) is 11.6 Å². The third-order valence-electron chi connectivity index (χ3n) is 5.13. The molecular weight excluding hydrogens is 410 g/mol. The molecule has 0 bridgehead atoms. The van der Waals surface area contributed by atoms with Gasteiger partial charge >= 0.3 is 0 Å². The number of carbonyl (C=O) groups excluding carboxylic acids is 2. The predicted molar refractivity (Wildman–Crippen MR) is 120 cm³/mol. The number of hydrogen-bond acceptors (Lipinski definition) is 6. The fourth-order valence-corrected chi connectivity index (χ4v) is 3.24. The Bertz CT molecular complexity index is 1130. The van der Waals surface area contributed by atoms with E-state index in [4.69, 9.17) is 9.47 Å². The maximum atomic E-state index is 12.4. The van der Waals surface area contributed by atoms with Crippen molar-refractivity contribution < 1.29 is 19.1 Å². The third kappa shape index (κ3) is 5.23. The molecule has 0 atom stereocenters. The van der Waals surface area contributed by atoms with Gasteiger partial charge in [0.05, 0.1) is 6.20 Å². The number of carbonyl (C=O) groups is 2. The molecule has 1 fully saturated rings. The first-order chi connectivity index (χ1) is 15.3. The van der Waals surface area contributed by atoms with Crippen LogP contribution in [0.3, 0.4) is 0 Å². The standard InChI is InChI=1S/C23H27N5O4/c1-23(2,3)22(30)24-16-5-4-6-17(13-16)32-20-8-7-19-25-18(14-28(19)27-20)26-21(29)15-9-11-31-12-10-15/h4-8,13-15H,9-12H2,1-3H3,(H,24,30)(H,26,29). The van der Waals surface area contributed by atoms with E-state index in [-0.39, 0.29) is 17.7 Å². The molecule has 32 heavy (non-hydrogen) atoms. The topological polar surface area (TPSA) is 107 Å². The minimum atomic E-state index is -0.497. The number of nitrogens with one attached hydrogen (secondary N) is 2. The quantitative estimate of drug-likeness (QED) is 0.628. The van der Waals surface area contributed by atoms with Crippen LogP contribution in [0.1, 0.15) is 33.6 Å². The van der Waals surface area contributed by atoms with E-state index >= 15 is 0 Å². The molecule has 2 amide bonds. The Hall–Kier alpha value is -3.46. The smallest absolute Gasteiger partial charge is 0.237 e. The molecule has 3 heterocycles. The maximum Gasteiger partial charge on any atom is 0.237 e. The van der Waals surface area contributed by atoms with Gasteiger partial charge in [0.15, 0.2) is 11.5 Å². The Morgan fingerprint density at radius 2 is 1.91 bits per heavy atom. The van der Waals surface area contributed by atoms with Gasteiger partial charge in [-0.2, -0.15) is 0 Å². The Morgan fingerprint density at radius 1 is 1.12 bits per heavy atom. The van der Waals surface area contributed by atoms with Gasteiger partial charge in [-0.1, -0.05) is 26.8 Å². The average molecular weight is 438 g/mol. The van der Waals surface area contributed by atoms with E-state index in [1.54, 1.807) is 47.1 Å². The molecule has 9 nitrogen and oxygen atoms in total. The Kier molecular flexibility index (Phi) is 6.09. The predicted octanol–water partition coefficient (Wildman–Crippen LogP) is 3.87. The highest BCUT2D eigenvalue weighted by Crippen LogP contribution is 2.25. The molecule has 3 aromatic rings. The fourth-order valence-electron chi connectivity index (χ4n) is 3.24. The van der Waals surface area contributed by atoms with E-state index < -0.39 is 5.41 Å². The van der Waals surface area contributed by atoms with Crippen molar-refractivity contribution in [2.45, 2.75) is 33.6 Å². The molecule has 2 N–H and O–H groups in total. The van der Waals surface area contributed by atoms with Gasteiger partial charge in [0, 0.05) is 42.4 Å². The number of fused-ring (bicyclic) bond motifs is 1. The van der Waals surface area contributed by atoms with E-state index in [1.165, 1.54) is 0 Å². The van der Waals surface area contributed by atoms with E-state index in [2.05, 4.69) is 20.7 Å². The maximum absolute atomic E-state index is 12.4. The number of rotatable bonds is 5. The lowest BCUT2D eigenvalue weighted by molar-refractivity contribution is -0.123. The summed E-state index contributed by atoms with van der Waals surface area (Å²) in [6.07, 6.45) is 3.08. The molecule has 9 heteroatoms. The molecule has 2 aromatic heterocycles. The second kappa shape index (κ2) is 8.96. The fraction of sp³-hybridized carbons (Fsp3) is 0.391. The lowest BCUT2D eigenvalue weighted by Crippen LogP contribution is -2.28. The second-order valence-electron chi connectivity index (χ2n) is 8.81. The molecule has 1 aliphatic rings. The van der Waals surface area contributed by atoms with Gasteiger partial charge in [0.25, 0.3) is 0 Å². The molecular formula is C23H27N5O4. The first kappa shape index (κ1) is 21.8. The van der Waals surface area contributed by atoms with E-state index in [9.17, 15) is 9.59 Å². The van der Waals surface area contributed by atoms with E-state index in [1.807, 2.05) is 20.8 Å². The molecule has 1 saturated heterocycles. The summed E-state index contributed by atoms with van der Waals surface area (Å²) in [7, 11) is 0. The van der Waals surface area contributed by atoms with Crippen molar-refractivity contribution in [1.82, 2.24) is 14.6 Å². The molecule has 4 rings (SSSR count). The van der Waals surface area contributed by atoms with Crippen molar-refractivity contribution >= 4 is 29.0 Å². The first-order valence-corrected chi connectivity index (χ1v) is 10.6. The van der Waals surface area contributed by atoms with Gasteiger partial charge in [-0.3, -0.25) is 9.59 Å². The normalized spacial score (nSPS) is 14.8. The van der Waals surface area contributed by atoms with Crippen LogP contribution in [0.25, 0.3) is 5.65 Å². The van der Waals surface area contributed by atoms with Gasteiger partial charge in [-0.15, -0.1) is 5.10 Å². The highest BCUT2D eigenvalue weighted by Gasteiger charge is 2.23. The van der Waals surface area contributed by atoms with Crippen molar-refractivity contribution in [1.29, 1.82) is 0 Å². The van der Waals surface area contributed by atoms with Gasteiger partial charge in [0.2, 0.25) is 17.7 Å². The van der Waals surface area contributed by atoms with Crippen LogP contribution in [-0.4, -0.2) is 39.6 Å². The molecule has 1 aromatic carbocycles. The lowest BCUT2D eigenvalue weighted by atomic mass is 9.95. The van der Waals surface area contributed by atoms with Crippen LogP contribution in [0.2, 0.25) is 0 Å². The summed E-state index contributed by atoms with van der Waals surface area (Å²) in [4.78, 5) is 29.1. The number of benzene rings is 1. The summed E-state index contributed by atoms with van der Waals surface area (Å²) in [5, 5.41) is 10.2. The van der Waals surface area contributed by atoms with Crippen LogP contribution in [-0.2, 0) is 14.3 Å². The molecule has 0 saturated carbocycles. The van der Waals surface area contributed by atoms with Gasteiger partial charge in [-0.25, -0.2) is 9.50 Å². The summed E-state index contributed by atoms with van der Waals surface area (Å²) in [6, 6.07) is 10.6. The van der Waals surface area contributed by atoms with Gasteiger partial charge < -0.3 is 20.1 Å². The minimum absolute atomic E-state index is 0.0534. The highest BCUT2D eigenvalue weighted by molar-refractivity contribution is 5.94. The molecule has 1 aliphatic heterocycles. The van der Waals surface area contributed by atoms with Crippen LogP contribution < -0.4 is 15.4 Å². The van der Waals surface area contributed by atoms with Gasteiger partial charge in [0.1, 0.15) is 5.75 Å². The van der Waals surface area contributed by atoms with Crippen LogP contribution in [0.4, 0.5) is 11.5 Å². The Morgan fingerprint density at radius 3 is 2.66 bits per heavy atom. The molecule has 0 spiro atoms. The van der Waals surface area contributed by atoms with Crippen molar-refractivity contribution in [2.75, 3.05) is 23.8 Å². The number of anilines is 2. The zero-order chi connectivity index (χ0) is 22.7. The minimum Gasteiger partial charge on any atom is -0.438 e. The van der Waals surface area contributed by atoms with Gasteiger partial charge in [-0.05, 0) is 31.0 Å². The second-order valence-corrected chi connectivity index (χ2v) is 8.81. The van der Waals surface area contributed by atoms with E-state index in [0.29, 0.717) is 54.8 Å². The summed E-state index contributed by atoms with van der Waals surface area (Å²) >= 11 is 0. The number of hydrogen-bond donors (Lipinski definition) is 2. The Balaban J connectivity index is 1.44. The van der Waals surface area contributed by atoms with E-state index in [0.717, 1.165) is 0 Å². The highest BCUT2D eigenvalue weighted by atomic mass is 16.5. The molecule has 168 valence electrons. The third-order valence-corrected chi connectivity index (χ3v) is 5.13. The summed E-state index contributed by atoms with van der Waals surface area (Å²) in [5.41, 5.74) is 0.734. The van der Waals surface area contributed by atoms with Crippen molar-refractivity contribution in [2.24, 2.45) is 11.3 Å². The summed E-state index contributed by atoms with van der Waals surface area (Å²) < 4.78 is 12.7. The average Bonchev–Trinajstić information content (AvgIpc) is 3.15. The Labute approximate surface area is 186 Å². The lowest BCUT2D eigenvalue weighted by Gasteiger charge is -2.20. The van der Waals surface area contributed by atoms with Crippen molar-refractivity contribution in [3.05, 3.63) is 42.6 Å². The SMILES string of the molecule is CC(C)(C)C(=O)Nc1cccc(Oc2ccc3nc(NC(=O)C4CCOCC4)cn3n2)c1. The molecule has 0 radical (unpaired) electrons. The molecule has 0 aliphatic carbocycles. The zero-order valence-electron chi connectivity index (χ0n) is 18.4. The number of aromatic nitrogens is 3. The largest absolute Gasteiger partial charge is 0.438 e. The number of amides is 2. The number of ether oxygens (including phenoxy) is 2. The van der Waals surface area contributed by atoms with Crippen LogP contribution in [0, 0.1) is 11.3 Å². The number of imidazole rings is 1. The summed E-state index contributed by atoms with van der Waals surface area (Å²) in [5.74, 6) is 1.14. The first-order valence-electron chi connectivity index (χ1n) is 10.6. The monoisotopic (exact) mass is 437 g/mol. The van der Waals surface area contributed by atoms with Crippen LogP contribution >= 0.6 is 0 Å². The molecule has 0 unspecified atom stereocenters. The zero-order valence-corrected chi connectivity index (χ0v) is 18.4. The van der Waals surface area contributed by atoms with Crippen molar-refractivity contribution in [3.63, 3.8) is 0 Å². The summed E-state index contributed by atoms with van der Waals surface area (Å²) in [6.45, 7) is 6.77. The van der Waals surface area contributed by atoms with Crippen molar-refractivity contribution in [3.8, 4) is 11.6 Å². The van der Waals surface area contributed by atoms with Crippen LogP contribution in [0.15, 0.2) is 42.6 Å².